The van der Waals surface area contributed by atoms with Crippen LogP contribution in [0.5, 0.6) is 0 Å². The Hall–Kier alpha value is -2.82. The van der Waals surface area contributed by atoms with E-state index < -0.39 is 19.5 Å². The second-order valence-corrected chi connectivity index (χ2v) is 13.2. The van der Waals surface area contributed by atoms with Gasteiger partial charge in [-0.15, -0.1) is 0 Å². The van der Waals surface area contributed by atoms with E-state index in [0.29, 0.717) is 48.1 Å². The molecule has 0 aromatic heterocycles. The molecular formula is C31H37Br2O9P. The first-order valence-corrected chi connectivity index (χ1v) is 16.4. The minimum absolute atomic E-state index is 0.0837. The summed E-state index contributed by atoms with van der Waals surface area (Å²) < 4.78 is 29.9. The Morgan fingerprint density at radius 3 is 1.47 bits per heavy atom. The summed E-state index contributed by atoms with van der Waals surface area (Å²) in [4.78, 5) is 32.6. The van der Waals surface area contributed by atoms with Crippen molar-refractivity contribution in [2.75, 3.05) is 20.3 Å². The first kappa shape index (κ1) is 38.2. The number of methoxy groups -OCH3 is 1. The fraction of sp³-hybridized carbons (Fsp3) is 0.323. The zero-order valence-corrected chi connectivity index (χ0v) is 29.0. The van der Waals surface area contributed by atoms with E-state index in [0.717, 1.165) is 20.1 Å². The Morgan fingerprint density at radius 1 is 0.674 bits per heavy atom. The van der Waals surface area contributed by atoms with Gasteiger partial charge in [-0.3, -0.25) is 4.57 Å². The predicted molar refractivity (Wildman–Crippen MR) is 174 cm³/mol. The average Bonchev–Trinajstić information content (AvgIpc) is 2.93. The lowest BCUT2D eigenvalue weighted by atomic mass is 10.1. The van der Waals surface area contributed by atoms with Gasteiger partial charge in [-0.25, -0.2) is 14.4 Å². The molecule has 2 N–H and O–H groups in total. The number of hydrogen-bond acceptors (Lipinski definition) is 7. The molecule has 0 fully saturated rings. The third-order valence-electron chi connectivity index (χ3n) is 5.31. The fourth-order valence-corrected chi connectivity index (χ4v) is 6.58. The third kappa shape index (κ3) is 13.6. The highest BCUT2D eigenvalue weighted by Crippen LogP contribution is 2.47. The Morgan fingerprint density at radius 2 is 1.07 bits per heavy atom. The van der Waals surface area contributed by atoms with Gasteiger partial charge in [0.05, 0.1) is 42.3 Å². The average molecular weight is 744 g/mol. The van der Waals surface area contributed by atoms with Crippen molar-refractivity contribution < 1.29 is 42.9 Å². The summed E-state index contributed by atoms with van der Waals surface area (Å²) in [6, 6.07) is 15.1. The number of aryl methyl sites for hydroxylation is 3. The van der Waals surface area contributed by atoms with Gasteiger partial charge in [0.1, 0.15) is 0 Å². The maximum absolute atomic E-state index is 12.8. The van der Waals surface area contributed by atoms with Gasteiger partial charge in [0.2, 0.25) is 0 Å². The fourth-order valence-electron chi connectivity index (χ4n) is 3.49. The lowest BCUT2D eigenvalue weighted by molar-refractivity contribution is 0.0598. The molecule has 0 aliphatic heterocycles. The molecule has 0 heterocycles. The van der Waals surface area contributed by atoms with Gasteiger partial charge in [-0.2, -0.15) is 0 Å². The van der Waals surface area contributed by atoms with Crippen LogP contribution in [-0.4, -0.2) is 48.4 Å². The maximum Gasteiger partial charge on any atom is 0.361 e. The van der Waals surface area contributed by atoms with Crippen molar-refractivity contribution in [1.29, 1.82) is 0 Å². The number of carboxylic acids is 2. The monoisotopic (exact) mass is 742 g/mol. The van der Waals surface area contributed by atoms with E-state index in [2.05, 4.69) is 36.6 Å². The van der Waals surface area contributed by atoms with Crippen molar-refractivity contribution in [3.8, 4) is 0 Å². The van der Waals surface area contributed by atoms with Gasteiger partial charge in [0.15, 0.2) is 0 Å². The van der Waals surface area contributed by atoms with Gasteiger partial charge in [0, 0.05) is 8.95 Å². The van der Waals surface area contributed by atoms with Crippen LogP contribution in [0.1, 0.15) is 74.5 Å². The molecule has 0 atom stereocenters. The third-order valence-corrected chi connectivity index (χ3v) is 8.16. The van der Waals surface area contributed by atoms with Gasteiger partial charge in [0.25, 0.3) is 0 Å². The van der Waals surface area contributed by atoms with Gasteiger partial charge < -0.3 is 24.0 Å². The van der Waals surface area contributed by atoms with E-state index in [1.165, 1.54) is 19.2 Å². The minimum atomic E-state index is -3.46. The lowest BCUT2D eigenvalue weighted by Gasteiger charge is -2.19. The van der Waals surface area contributed by atoms with Crippen LogP contribution in [0.15, 0.2) is 63.5 Å². The van der Waals surface area contributed by atoms with Crippen molar-refractivity contribution in [1.82, 2.24) is 0 Å². The molecule has 3 aromatic rings. The molecule has 0 saturated carbocycles. The topological polar surface area (TPSA) is 136 Å². The second kappa shape index (κ2) is 18.8. The minimum Gasteiger partial charge on any atom is -0.478 e. The number of hydrogen-bond donors (Lipinski definition) is 2. The molecule has 9 nitrogen and oxygen atoms in total. The summed E-state index contributed by atoms with van der Waals surface area (Å²) >= 11 is 6.52. The van der Waals surface area contributed by atoms with E-state index in [1.807, 2.05) is 39.8 Å². The molecule has 0 radical (unpaired) electrons. The van der Waals surface area contributed by atoms with Gasteiger partial charge in [-0.1, -0.05) is 45.7 Å². The van der Waals surface area contributed by atoms with Crippen LogP contribution in [0.2, 0.25) is 0 Å². The normalized spacial score (nSPS) is 10.5. The molecule has 3 rings (SSSR count). The molecule has 0 aliphatic carbocycles. The van der Waals surface area contributed by atoms with Crippen molar-refractivity contribution in [2.24, 2.45) is 0 Å². The van der Waals surface area contributed by atoms with E-state index in [-0.39, 0.29) is 11.5 Å². The molecule has 0 aliphatic rings. The first-order valence-electron chi connectivity index (χ1n) is 13.3. The summed E-state index contributed by atoms with van der Waals surface area (Å²) in [5.41, 5.74) is 3.66. The van der Waals surface area contributed by atoms with Crippen molar-refractivity contribution in [3.05, 3.63) is 96.9 Å². The highest BCUT2D eigenvalue weighted by Gasteiger charge is 2.28. The van der Waals surface area contributed by atoms with Crippen LogP contribution < -0.4 is 5.30 Å². The molecule has 0 bridgehead atoms. The van der Waals surface area contributed by atoms with Crippen LogP contribution in [0, 0.1) is 20.8 Å². The molecule has 0 unspecified atom stereocenters. The zero-order valence-electron chi connectivity index (χ0n) is 25.0. The first-order chi connectivity index (χ1) is 20.1. The van der Waals surface area contributed by atoms with E-state index in [9.17, 15) is 18.9 Å². The smallest absolute Gasteiger partial charge is 0.361 e. The van der Waals surface area contributed by atoms with Crippen molar-refractivity contribution in [2.45, 2.75) is 47.5 Å². The summed E-state index contributed by atoms with van der Waals surface area (Å²) in [6.07, 6.45) is 1.41. The number of halogens is 2. The molecule has 0 spiro atoms. The number of rotatable bonds is 10. The van der Waals surface area contributed by atoms with Gasteiger partial charge in [-0.05, 0) is 105 Å². The zero-order chi connectivity index (χ0) is 32.7. The number of aromatic carboxylic acids is 2. The lowest BCUT2D eigenvalue weighted by Crippen LogP contribution is -2.14. The van der Waals surface area contributed by atoms with Crippen molar-refractivity contribution >= 4 is 62.7 Å². The molecule has 3 aromatic carbocycles. The SMILES string of the molecule is CCCOP(=O)(OCCC)c1cc(C)cc(C(=O)O)c1.COC(=O)c1cc(C)cc(Br)c1.Cc1cc(Br)cc(C(=O)O)c1. The summed E-state index contributed by atoms with van der Waals surface area (Å²) in [7, 11) is -2.09. The number of benzene rings is 3. The Bertz CT molecular complexity index is 1400. The van der Waals surface area contributed by atoms with Crippen LogP contribution in [0.3, 0.4) is 0 Å². The summed E-state index contributed by atoms with van der Waals surface area (Å²) in [6.45, 7) is 9.95. The molecule has 0 amide bonds. The standard InChI is InChI=1S/C14H21O5P.C9H9BrO2.C8H7BrO2/c1-4-6-18-20(17,19-7-5-2)13-9-11(3)8-12(10-13)14(15)16;1-6-3-7(9(11)12-2)5-8(10)4-6;1-5-2-6(8(10)11)4-7(9)3-5/h8-10H,4-7H2,1-3H3,(H,15,16);3-5H,1-2H3;2-4H,1H3,(H,10,11). The second-order valence-electron chi connectivity index (χ2n) is 9.36. The molecular weight excluding hydrogens is 707 g/mol. The summed E-state index contributed by atoms with van der Waals surface area (Å²) in [5.74, 6) is -2.26. The van der Waals surface area contributed by atoms with E-state index in [1.54, 1.807) is 37.3 Å². The highest BCUT2D eigenvalue weighted by molar-refractivity contribution is 9.10. The van der Waals surface area contributed by atoms with E-state index >= 15 is 0 Å². The van der Waals surface area contributed by atoms with Crippen LogP contribution >= 0.6 is 39.5 Å². The Balaban J connectivity index is 0.000000344. The molecule has 12 heteroatoms. The van der Waals surface area contributed by atoms with Crippen LogP contribution in [0.25, 0.3) is 0 Å². The van der Waals surface area contributed by atoms with E-state index in [4.69, 9.17) is 19.3 Å². The largest absolute Gasteiger partial charge is 0.478 e. The van der Waals surface area contributed by atoms with Crippen LogP contribution in [0.4, 0.5) is 0 Å². The number of ether oxygens (including phenoxy) is 1. The Kier molecular flexibility index (Phi) is 16.7. The van der Waals surface area contributed by atoms with Gasteiger partial charge >= 0.3 is 25.5 Å². The number of carbonyl (C=O) groups is 3. The number of esters is 1. The highest BCUT2D eigenvalue weighted by atomic mass is 79.9. The summed E-state index contributed by atoms with van der Waals surface area (Å²) in [5, 5.41) is 18.0. The maximum atomic E-state index is 12.8. The number of carbonyl (C=O) groups excluding carboxylic acids is 1. The predicted octanol–water partition coefficient (Wildman–Crippen LogP) is 8.36. The molecule has 0 saturated heterocycles. The molecule has 234 valence electrons. The quantitative estimate of drug-likeness (QED) is 0.155. The number of carboxylic acid groups (broad SMARTS) is 2. The van der Waals surface area contributed by atoms with Crippen LogP contribution in [-0.2, 0) is 18.3 Å². The molecule has 43 heavy (non-hydrogen) atoms. The van der Waals surface area contributed by atoms with Crippen molar-refractivity contribution in [3.63, 3.8) is 0 Å². The Labute approximate surface area is 269 Å².